The summed E-state index contributed by atoms with van der Waals surface area (Å²) in [6, 6.07) is 5.95. The zero-order chi connectivity index (χ0) is 12.5. The predicted octanol–water partition coefficient (Wildman–Crippen LogP) is 0.927. The van der Waals surface area contributed by atoms with Crippen molar-refractivity contribution in [1.82, 2.24) is 14.6 Å². The molecule has 1 aliphatic heterocycles. The lowest BCUT2D eigenvalue weighted by molar-refractivity contribution is 0.0817. The third-order valence-electron chi connectivity index (χ3n) is 3.46. The molecule has 1 aliphatic rings. The van der Waals surface area contributed by atoms with Crippen LogP contribution in [0.4, 0.5) is 11.8 Å². The van der Waals surface area contributed by atoms with Crippen molar-refractivity contribution in [1.29, 1.82) is 0 Å². The van der Waals surface area contributed by atoms with Crippen molar-refractivity contribution >= 4 is 17.4 Å². The van der Waals surface area contributed by atoms with Gasteiger partial charge in [0.2, 0.25) is 5.95 Å². The molecule has 2 aromatic rings. The molecule has 0 unspecified atom stereocenters. The molecular formula is C12H17N5O. The van der Waals surface area contributed by atoms with Crippen LogP contribution in [0, 0.1) is 0 Å². The van der Waals surface area contributed by atoms with Crippen LogP contribution in [-0.2, 0) is 4.74 Å². The number of nitrogens with two attached hydrogens (primary N) is 1. The molecular weight excluding hydrogens is 230 g/mol. The fraction of sp³-hybridized carbons (Fsp3) is 0.500. The van der Waals surface area contributed by atoms with Gasteiger partial charge in [-0.15, -0.1) is 5.10 Å². The summed E-state index contributed by atoms with van der Waals surface area (Å²) in [7, 11) is 1.78. The third-order valence-corrected chi connectivity index (χ3v) is 3.46. The normalized spacial score (nSPS) is 17.5. The summed E-state index contributed by atoms with van der Waals surface area (Å²) in [5.74, 6) is 1.36. The Morgan fingerprint density at radius 3 is 2.83 bits per heavy atom. The first-order valence-electron chi connectivity index (χ1n) is 6.17. The van der Waals surface area contributed by atoms with Crippen LogP contribution in [-0.4, -0.2) is 40.9 Å². The number of anilines is 2. The topological polar surface area (TPSA) is 68.7 Å². The van der Waals surface area contributed by atoms with E-state index in [1.165, 1.54) is 0 Å². The smallest absolute Gasteiger partial charge is 0.240 e. The summed E-state index contributed by atoms with van der Waals surface area (Å²) in [5.41, 5.74) is 6.44. The van der Waals surface area contributed by atoms with Gasteiger partial charge in [0.05, 0.1) is 6.10 Å². The van der Waals surface area contributed by atoms with E-state index < -0.39 is 0 Å². The molecule has 3 heterocycles. The zero-order valence-corrected chi connectivity index (χ0v) is 10.4. The molecule has 2 N–H and O–H groups in total. The van der Waals surface area contributed by atoms with Crippen LogP contribution in [0.15, 0.2) is 18.2 Å². The Hall–Kier alpha value is -1.82. The Labute approximate surface area is 105 Å². The van der Waals surface area contributed by atoms with Crippen LogP contribution < -0.4 is 10.6 Å². The molecule has 2 aromatic heterocycles. The van der Waals surface area contributed by atoms with E-state index in [2.05, 4.69) is 15.0 Å². The Kier molecular flexibility index (Phi) is 2.79. The molecule has 1 saturated heterocycles. The molecule has 18 heavy (non-hydrogen) atoms. The molecule has 0 aromatic carbocycles. The van der Waals surface area contributed by atoms with E-state index in [1.807, 2.05) is 22.7 Å². The number of nitrogens with zero attached hydrogens (tertiary/aromatic N) is 4. The fourth-order valence-electron chi connectivity index (χ4n) is 2.47. The second-order valence-corrected chi connectivity index (χ2v) is 4.55. The molecule has 3 rings (SSSR count). The monoisotopic (exact) mass is 247 g/mol. The van der Waals surface area contributed by atoms with Crippen molar-refractivity contribution in [2.24, 2.45) is 0 Å². The number of hydrogen-bond acceptors (Lipinski definition) is 5. The number of fused-ring (bicyclic) bond motifs is 1. The van der Waals surface area contributed by atoms with Crippen molar-refractivity contribution in [3.63, 3.8) is 0 Å². The van der Waals surface area contributed by atoms with Gasteiger partial charge in [-0.1, -0.05) is 6.07 Å². The van der Waals surface area contributed by atoms with E-state index in [1.54, 1.807) is 7.11 Å². The summed E-state index contributed by atoms with van der Waals surface area (Å²) in [5, 5.41) is 4.24. The molecule has 0 radical (unpaired) electrons. The average Bonchev–Trinajstić information content (AvgIpc) is 2.79. The van der Waals surface area contributed by atoms with Crippen molar-refractivity contribution < 1.29 is 4.74 Å². The minimum atomic E-state index is 0.314. The van der Waals surface area contributed by atoms with Gasteiger partial charge in [0, 0.05) is 20.2 Å². The highest BCUT2D eigenvalue weighted by molar-refractivity contribution is 5.52. The maximum atomic E-state index is 5.65. The van der Waals surface area contributed by atoms with Crippen LogP contribution in [0.3, 0.4) is 0 Å². The first-order valence-corrected chi connectivity index (χ1v) is 6.17. The van der Waals surface area contributed by atoms with E-state index >= 15 is 0 Å². The van der Waals surface area contributed by atoms with Gasteiger partial charge in [-0.2, -0.15) is 9.50 Å². The van der Waals surface area contributed by atoms with Crippen LogP contribution in [0.2, 0.25) is 0 Å². The number of nitrogen functional groups attached to an aromatic ring is 1. The predicted molar refractivity (Wildman–Crippen MR) is 69.6 cm³/mol. The van der Waals surface area contributed by atoms with Gasteiger partial charge in [0.15, 0.2) is 5.65 Å². The van der Waals surface area contributed by atoms with Crippen LogP contribution in [0.5, 0.6) is 0 Å². The maximum Gasteiger partial charge on any atom is 0.240 e. The Bertz CT molecular complexity index is 544. The van der Waals surface area contributed by atoms with E-state index in [0.29, 0.717) is 12.1 Å². The zero-order valence-electron chi connectivity index (χ0n) is 10.4. The lowest BCUT2D eigenvalue weighted by atomic mass is 10.1. The molecule has 0 saturated carbocycles. The summed E-state index contributed by atoms with van der Waals surface area (Å²) in [4.78, 5) is 6.48. The molecule has 1 fully saturated rings. The van der Waals surface area contributed by atoms with Gasteiger partial charge < -0.3 is 15.4 Å². The highest BCUT2D eigenvalue weighted by Crippen LogP contribution is 2.21. The van der Waals surface area contributed by atoms with E-state index in [4.69, 9.17) is 10.5 Å². The Balaban J connectivity index is 1.90. The van der Waals surface area contributed by atoms with Gasteiger partial charge in [0.25, 0.3) is 0 Å². The summed E-state index contributed by atoms with van der Waals surface area (Å²) < 4.78 is 7.19. The number of methoxy groups -OCH3 is 1. The molecule has 0 bridgehead atoms. The minimum Gasteiger partial charge on any atom is -0.381 e. The Morgan fingerprint density at radius 1 is 1.33 bits per heavy atom. The summed E-state index contributed by atoms with van der Waals surface area (Å²) in [6.07, 6.45) is 2.45. The SMILES string of the molecule is COC1CCN(c2cccc3nc(N)nn23)CC1. The standard InChI is InChI=1S/C12H17N5O/c1-18-9-5-7-16(8-6-9)11-4-2-3-10-14-12(13)15-17(10)11/h2-4,9H,5-8H2,1H3,(H2,13,15). The van der Waals surface area contributed by atoms with Gasteiger partial charge in [-0.05, 0) is 25.0 Å². The highest BCUT2D eigenvalue weighted by Gasteiger charge is 2.20. The summed E-state index contributed by atoms with van der Waals surface area (Å²) >= 11 is 0. The van der Waals surface area contributed by atoms with Crippen LogP contribution in [0.1, 0.15) is 12.8 Å². The number of rotatable bonds is 2. The molecule has 6 nitrogen and oxygen atoms in total. The van der Waals surface area contributed by atoms with Crippen LogP contribution in [0.25, 0.3) is 5.65 Å². The van der Waals surface area contributed by atoms with Crippen molar-refractivity contribution in [3.8, 4) is 0 Å². The molecule has 96 valence electrons. The third kappa shape index (κ3) is 1.88. The second kappa shape index (κ2) is 4.45. The molecule has 0 aliphatic carbocycles. The minimum absolute atomic E-state index is 0.314. The molecule has 0 amide bonds. The molecule has 6 heteroatoms. The highest BCUT2D eigenvalue weighted by atomic mass is 16.5. The number of piperidine rings is 1. The first-order chi connectivity index (χ1) is 8.78. The number of aromatic nitrogens is 3. The van der Waals surface area contributed by atoms with Gasteiger partial charge in [0.1, 0.15) is 5.82 Å². The molecule has 0 atom stereocenters. The van der Waals surface area contributed by atoms with Gasteiger partial charge in [-0.25, -0.2) is 0 Å². The second-order valence-electron chi connectivity index (χ2n) is 4.55. The van der Waals surface area contributed by atoms with Crippen LogP contribution >= 0.6 is 0 Å². The van der Waals surface area contributed by atoms with E-state index in [-0.39, 0.29) is 0 Å². The van der Waals surface area contributed by atoms with E-state index in [0.717, 1.165) is 37.4 Å². The van der Waals surface area contributed by atoms with E-state index in [9.17, 15) is 0 Å². The fourth-order valence-corrected chi connectivity index (χ4v) is 2.47. The van der Waals surface area contributed by atoms with Crippen molar-refractivity contribution in [2.75, 3.05) is 30.8 Å². The summed E-state index contributed by atoms with van der Waals surface area (Å²) in [6.45, 7) is 1.94. The number of ether oxygens (including phenoxy) is 1. The molecule has 0 spiro atoms. The maximum absolute atomic E-state index is 5.65. The Morgan fingerprint density at radius 2 is 2.11 bits per heavy atom. The average molecular weight is 247 g/mol. The quantitative estimate of drug-likeness (QED) is 0.855. The lowest BCUT2D eigenvalue weighted by Crippen LogP contribution is -2.37. The first kappa shape index (κ1) is 11.3. The number of hydrogen-bond donors (Lipinski definition) is 1. The lowest BCUT2D eigenvalue weighted by Gasteiger charge is -2.32. The van der Waals surface area contributed by atoms with Gasteiger partial charge >= 0.3 is 0 Å². The number of pyridine rings is 1. The van der Waals surface area contributed by atoms with Gasteiger partial charge in [-0.3, -0.25) is 0 Å². The van der Waals surface area contributed by atoms with Crippen molar-refractivity contribution in [3.05, 3.63) is 18.2 Å². The van der Waals surface area contributed by atoms with Crippen molar-refractivity contribution in [2.45, 2.75) is 18.9 Å². The largest absolute Gasteiger partial charge is 0.381 e.